The van der Waals surface area contributed by atoms with Crippen molar-refractivity contribution in [1.29, 1.82) is 0 Å². The normalized spacial score (nSPS) is 11.7. The van der Waals surface area contributed by atoms with E-state index >= 15 is 0 Å². The van der Waals surface area contributed by atoms with Crippen molar-refractivity contribution in [3.63, 3.8) is 0 Å². The average Bonchev–Trinajstić information content (AvgIpc) is 2.21. The number of hydrogen-bond donors (Lipinski definition) is 4. The van der Waals surface area contributed by atoms with Gasteiger partial charge in [-0.1, -0.05) is 0 Å². The van der Waals surface area contributed by atoms with Crippen LogP contribution in [0.2, 0.25) is 0 Å². The number of carboxylic acid groups (broad SMARTS) is 1. The monoisotopic (exact) mass is 249 g/mol. The van der Waals surface area contributed by atoms with Crippen LogP contribution in [0.3, 0.4) is 0 Å². The van der Waals surface area contributed by atoms with Crippen molar-refractivity contribution in [2.45, 2.75) is 13.0 Å². The third kappa shape index (κ3) is 5.56. The van der Waals surface area contributed by atoms with E-state index in [1.54, 1.807) is 0 Å². The second-order valence-corrected chi connectivity index (χ2v) is 3.48. The van der Waals surface area contributed by atoms with Gasteiger partial charge in [-0.05, 0) is 0 Å². The van der Waals surface area contributed by atoms with Gasteiger partial charge in [-0.3, -0.25) is 14.4 Å². The third-order valence-electron chi connectivity index (χ3n) is 1.67. The molecule has 0 saturated carbocycles. The van der Waals surface area contributed by atoms with Crippen molar-refractivity contribution in [2.75, 3.05) is 19.0 Å². The lowest BCUT2D eigenvalue weighted by Gasteiger charge is -2.23. The summed E-state index contributed by atoms with van der Waals surface area (Å²) in [6, 6.07) is -0.878. The maximum Gasteiger partial charge on any atom is 0.323 e. The summed E-state index contributed by atoms with van der Waals surface area (Å²) in [4.78, 5) is 33.7. The van der Waals surface area contributed by atoms with Gasteiger partial charge in [0.15, 0.2) is 0 Å². The Morgan fingerprint density at radius 2 is 2.06 bits per heavy atom. The topological polar surface area (TPSA) is 113 Å². The summed E-state index contributed by atoms with van der Waals surface area (Å²) in [7, 11) is 0. The third-order valence-corrected chi connectivity index (χ3v) is 2.06. The zero-order chi connectivity index (χ0) is 12.7. The van der Waals surface area contributed by atoms with Crippen LogP contribution in [-0.2, 0) is 14.4 Å². The molecule has 0 aromatic heterocycles. The number of nitrogens with two attached hydrogens (primary N) is 1. The first-order valence-corrected chi connectivity index (χ1v) is 5.13. The number of thiol groups is 1. The highest BCUT2D eigenvalue weighted by molar-refractivity contribution is 7.80. The molecule has 0 fully saturated rings. The van der Waals surface area contributed by atoms with Crippen LogP contribution in [0.4, 0.5) is 0 Å². The first-order chi connectivity index (χ1) is 7.38. The van der Waals surface area contributed by atoms with Gasteiger partial charge in [0.2, 0.25) is 11.8 Å². The van der Waals surface area contributed by atoms with E-state index < -0.39 is 24.5 Å². The van der Waals surface area contributed by atoms with E-state index in [2.05, 4.69) is 17.9 Å². The molecule has 0 rings (SSSR count). The molecule has 1 atom stereocenters. The predicted molar refractivity (Wildman–Crippen MR) is 59.9 cm³/mol. The summed E-state index contributed by atoms with van der Waals surface area (Å²) in [5, 5.41) is 10.9. The van der Waals surface area contributed by atoms with Crippen LogP contribution in [0.5, 0.6) is 0 Å². The van der Waals surface area contributed by atoms with Gasteiger partial charge in [-0.2, -0.15) is 12.6 Å². The van der Waals surface area contributed by atoms with Crippen LogP contribution in [0.1, 0.15) is 6.92 Å². The molecule has 7 nitrogen and oxygen atoms in total. The van der Waals surface area contributed by atoms with E-state index in [1.165, 1.54) is 6.92 Å². The number of aliphatic carboxylic acids is 1. The van der Waals surface area contributed by atoms with Gasteiger partial charge in [-0.15, -0.1) is 0 Å². The number of nitrogens with zero attached hydrogens (tertiary/aromatic N) is 1. The van der Waals surface area contributed by atoms with Crippen molar-refractivity contribution in [3.8, 4) is 0 Å². The Morgan fingerprint density at radius 3 is 2.44 bits per heavy atom. The first-order valence-electron chi connectivity index (χ1n) is 4.50. The Kier molecular flexibility index (Phi) is 6.50. The summed E-state index contributed by atoms with van der Waals surface area (Å²) in [5.41, 5.74) is 5.43. The van der Waals surface area contributed by atoms with Gasteiger partial charge >= 0.3 is 5.97 Å². The Bertz CT molecular complexity index is 284. The van der Waals surface area contributed by atoms with E-state index in [9.17, 15) is 14.4 Å². The number of hydrogen-bond acceptors (Lipinski definition) is 5. The van der Waals surface area contributed by atoms with Crippen molar-refractivity contribution in [1.82, 2.24) is 10.2 Å². The van der Waals surface area contributed by atoms with Crippen LogP contribution >= 0.6 is 12.6 Å². The van der Waals surface area contributed by atoms with Crippen molar-refractivity contribution in [3.05, 3.63) is 0 Å². The Morgan fingerprint density at radius 1 is 1.50 bits per heavy atom. The predicted octanol–water partition coefficient (Wildman–Crippen LogP) is -1.75. The summed E-state index contributed by atoms with van der Waals surface area (Å²) in [6.45, 7) is 0.574. The van der Waals surface area contributed by atoms with Gasteiger partial charge < -0.3 is 21.1 Å². The second kappa shape index (κ2) is 7.07. The molecule has 4 N–H and O–H groups in total. The zero-order valence-electron chi connectivity index (χ0n) is 8.84. The van der Waals surface area contributed by atoms with Crippen LogP contribution in [0, 0.1) is 0 Å². The molecule has 0 saturated heterocycles. The SMILES string of the molecule is CC(=O)NCN(CC(=O)O)C(=O)[C@@H](N)CS. The maximum atomic E-state index is 11.6. The molecule has 0 aliphatic carbocycles. The van der Waals surface area contributed by atoms with Gasteiger partial charge in [0.05, 0.1) is 12.7 Å². The average molecular weight is 249 g/mol. The van der Waals surface area contributed by atoms with E-state index in [4.69, 9.17) is 10.8 Å². The number of carboxylic acids is 1. The summed E-state index contributed by atoms with van der Waals surface area (Å²) >= 11 is 3.84. The molecule has 0 aromatic rings. The van der Waals surface area contributed by atoms with Crippen molar-refractivity contribution < 1.29 is 19.5 Å². The van der Waals surface area contributed by atoms with E-state index in [-0.39, 0.29) is 18.3 Å². The van der Waals surface area contributed by atoms with Gasteiger partial charge in [0.25, 0.3) is 0 Å². The molecule has 0 radical (unpaired) electrons. The molecule has 0 aromatic carbocycles. The van der Waals surface area contributed by atoms with E-state index in [0.717, 1.165) is 4.90 Å². The highest BCUT2D eigenvalue weighted by atomic mass is 32.1. The Hall–Kier alpha value is -1.28. The fourth-order valence-electron chi connectivity index (χ4n) is 0.894. The summed E-state index contributed by atoms with van der Waals surface area (Å²) in [6.07, 6.45) is 0. The summed E-state index contributed by atoms with van der Waals surface area (Å²) in [5.74, 6) is -1.99. The largest absolute Gasteiger partial charge is 0.480 e. The fraction of sp³-hybridized carbons (Fsp3) is 0.625. The Balaban J connectivity index is 4.46. The minimum atomic E-state index is -1.18. The fourth-order valence-corrected chi connectivity index (χ4v) is 1.05. The molecule has 0 heterocycles. The van der Waals surface area contributed by atoms with E-state index in [0.29, 0.717) is 0 Å². The highest BCUT2D eigenvalue weighted by Crippen LogP contribution is 1.94. The molecule has 0 unspecified atom stereocenters. The number of carbonyl (C=O) groups is 3. The maximum absolute atomic E-state index is 11.6. The molecule has 92 valence electrons. The molecule has 0 aliphatic rings. The van der Waals surface area contributed by atoms with Crippen LogP contribution in [0.15, 0.2) is 0 Å². The molecule has 0 aliphatic heterocycles. The highest BCUT2D eigenvalue weighted by Gasteiger charge is 2.21. The molecule has 2 amide bonds. The molecular weight excluding hydrogens is 234 g/mol. The van der Waals surface area contributed by atoms with Crippen LogP contribution in [0.25, 0.3) is 0 Å². The van der Waals surface area contributed by atoms with Crippen LogP contribution < -0.4 is 11.1 Å². The molecule has 0 spiro atoms. The van der Waals surface area contributed by atoms with Crippen LogP contribution in [-0.4, -0.2) is 52.8 Å². The smallest absolute Gasteiger partial charge is 0.323 e. The molecule has 0 bridgehead atoms. The summed E-state index contributed by atoms with van der Waals surface area (Å²) < 4.78 is 0. The lowest BCUT2D eigenvalue weighted by atomic mass is 10.3. The lowest BCUT2D eigenvalue weighted by molar-refractivity contribution is -0.145. The minimum absolute atomic E-state index is 0.106. The standard InChI is InChI=1S/C8H15N3O4S/c1-5(12)10-4-11(2-7(13)14)8(15)6(9)3-16/h6,16H,2-4,9H2,1H3,(H,10,12)(H,13,14)/t6-/m0/s1. The van der Waals surface area contributed by atoms with Crippen molar-refractivity contribution >= 4 is 30.4 Å². The molecule has 8 heteroatoms. The second-order valence-electron chi connectivity index (χ2n) is 3.11. The van der Waals surface area contributed by atoms with Crippen molar-refractivity contribution in [2.24, 2.45) is 5.73 Å². The van der Waals surface area contributed by atoms with E-state index in [1.807, 2.05) is 0 Å². The Labute approximate surface area is 98.4 Å². The number of carbonyl (C=O) groups excluding carboxylic acids is 2. The first kappa shape index (κ1) is 14.7. The number of amides is 2. The van der Waals surface area contributed by atoms with Gasteiger partial charge in [-0.25, -0.2) is 0 Å². The quantitative estimate of drug-likeness (QED) is 0.329. The molecule has 16 heavy (non-hydrogen) atoms. The van der Waals surface area contributed by atoms with Gasteiger partial charge in [0, 0.05) is 12.7 Å². The lowest BCUT2D eigenvalue weighted by Crippen LogP contribution is -2.50. The van der Waals surface area contributed by atoms with Gasteiger partial charge in [0.1, 0.15) is 6.54 Å². The molecular formula is C8H15N3O4S. The number of rotatable bonds is 6. The zero-order valence-corrected chi connectivity index (χ0v) is 9.74. The number of nitrogens with one attached hydrogen (secondary N) is 1. The minimum Gasteiger partial charge on any atom is -0.480 e.